The number of hydrogen-bond donors (Lipinski definition) is 3. The van der Waals surface area contributed by atoms with Gasteiger partial charge in [-0.2, -0.15) is 0 Å². The van der Waals surface area contributed by atoms with E-state index in [-0.39, 0.29) is 34.6 Å². The Hall–Kier alpha value is -2.09. The molecule has 0 radical (unpaired) electrons. The highest BCUT2D eigenvalue weighted by molar-refractivity contribution is 7.90. The van der Waals surface area contributed by atoms with Crippen LogP contribution < -0.4 is 16.4 Å². The molecule has 0 aliphatic carbocycles. The summed E-state index contributed by atoms with van der Waals surface area (Å²) in [5, 5.41) is 5.03. The van der Waals surface area contributed by atoms with E-state index in [4.69, 9.17) is 5.73 Å². The van der Waals surface area contributed by atoms with Crippen LogP contribution in [0.1, 0.15) is 24.2 Å². The molecule has 0 aromatic heterocycles. The van der Waals surface area contributed by atoms with E-state index in [1.165, 1.54) is 18.2 Å². The van der Waals surface area contributed by atoms with Crippen LogP contribution >= 0.6 is 0 Å². The molecule has 4 N–H and O–H groups in total. The Morgan fingerprint density at radius 1 is 1.24 bits per heavy atom. The Balaban J connectivity index is 2.84. The van der Waals surface area contributed by atoms with Crippen LogP contribution in [0.3, 0.4) is 0 Å². The SMILES string of the molecule is CC(C)NC(=O)CNC(=O)c1cc(N)cc(S(C)(=O)=O)c1. The second kappa shape index (κ2) is 6.57. The molecule has 0 saturated heterocycles. The van der Waals surface area contributed by atoms with Crippen molar-refractivity contribution in [2.75, 3.05) is 18.5 Å². The van der Waals surface area contributed by atoms with Crippen LogP contribution in [0.2, 0.25) is 0 Å². The molecule has 0 saturated carbocycles. The van der Waals surface area contributed by atoms with E-state index in [1.54, 1.807) is 13.8 Å². The van der Waals surface area contributed by atoms with E-state index in [2.05, 4.69) is 10.6 Å². The molecule has 7 nitrogen and oxygen atoms in total. The summed E-state index contributed by atoms with van der Waals surface area (Å²) in [7, 11) is -3.47. The number of benzene rings is 1. The summed E-state index contributed by atoms with van der Waals surface area (Å²) in [5.74, 6) is -0.892. The highest BCUT2D eigenvalue weighted by Gasteiger charge is 2.14. The van der Waals surface area contributed by atoms with Gasteiger partial charge in [-0.25, -0.2) is 8.42 Å². The van der Waals surface area contributed by atoms with Crippen molar-refractivity contribution in [1.82, 2.24) is 10.6 Å². The monoisotopic (exact) mass is 313 g/mol. The molecular formula is C13H19N3O4S. The summed E-state index contributed by atoms with van der Waals surface area (Å²) in [6.45, 7) is 3.41. The molecule has 8 heteroatoms. The fraction of sp³-hybridized carbons (Fsp3) is 0.385. The number of rotatable bonds is 5. The number of carbonyl (C=O) groups is 2. The molecule has 2 amide bonds. The Morgan fingerprint density at radius 3 is 2.38 bits per heavy atom. The van der Waals surface area contributed by atoms with Gasteiger partial charge in [-0.15, -0.1) is 0 Å². The maximum atomic E-state index is 11.9. The van der Waals surface area contributed by atoms with E-state index >= 15 is 0 Å². The molecule has 0 aliphatic heterocycles. The minimum absolute atomic E-state index is 0.0291. The number of nitrogens with one attached hydrogen (secondary N) is 2. The zero-order valence-electron chi connectivity index (χ0n) is 12.1. The minimum Gasteiger partial charge on any atom is -0.399 e. The fourth-order valence-electron chi connectivity index (χ4n) is 1.60. The van der Waals surface area contributed by atoms with Gasteiger partial charge >= 0.3 is 0 Å². The first-order chi connectivity index (χ1) is 9.59. The molecule has 1 aromatic carbocycles. The highest BCUT2D eigenvalue weighted by atomic mass is 32.2. The van der Waals surface area contributed by atoms with Gasteiger partial charge in [0.15, 0.2) is 9.84 Å². The molecular weight excluding hydrogens is 294 g/mol. The van der Waals surface area contributed by atoms with Gasteiger partial charge in [0.25, 0.3) is 5.91 Å². The second-order valence-corrected chi connectivity index (χ2v) is 6.98. The third-order valence-corrected chi connectivity index (χ3v) is 3.57. The number of sulfone groups is 1. The molecule has 0 fully saturated rings. The van der Waals surface area contributed by atoms with Gasteiger partial charge in [-0.3, -0.25) is 9.59 Å². The van der Waals surface area contributed by atoms with Gasteiger partial charge in [0, 0.05) is 23.5 Å². The Labute approximate surface area is 123 Å². The molecule has 116 valence electrons. The summed E-state index contributed by atoms with van der Waals surface area (Å²) in [5.41, 5.74) is 5.84. The summed E-state index contributed by atoms with van der Waals surface area (Å²) in [6, 6.07) is 3.82. The minimum atomic E-state index is -3.47. The first kappa shape index (κ1) is 17.0. The van der Waals surface area contributed by atoms with Gasteiger partial charge < -0.3 is 16.4 Å². The van der Waals surface area contributed by atoms with Crippen LogP contribution in [-0.2, 0) is 14.6 Å². The molecule has 0 unspecified atom stereocenters. The van der Waals surface area contributed by atoms with Gasteiger partial charge in [0.05, 0.1) is 11.4 Å². The third-order valence-electron chi connectivity index (χ3n) is 2.48. The molecule has 1 rings (SSSR count). The third kappa shape index (κ3) is 5.42. The molecule has 0 bridgehead atoms. The average Bonchev–Trinajstić information content (AvgIpc) is 2.33. The molecule has 1 aromatic rings. The Kier molecular flexibility index (Phi) is 5.31. The molecule has 0 spiro atoms. The Morgan fingerprint density at radius 2 is 1.86 bits per heavy atom. The predicted octanol–water partition coefficient (Wildman–Crippen LogP) is -0.0733. The van der Waals surface area contributed by atoms with Crippen LogP contribution in [0.15, 0.2) is 23.1 Å². The topological polar surface area (TPSA) is 118 Å². The summed E-state index contributed by atoms with van der Waals surface area (Å²) >= 11 is 0. The normalized spacial score (nSPS) is 11.2. The predicted molar refractivity (Wildman–Crippen MR) is 79.6 cm³/mol. The zero-order chi connectivity index (χ0) is 16.2. The van der Waals surface area contributed by atoms with Crippen molar-refractivity contribution in [2.24, 2.45) is 0 Å². The van der Waals surface area contributed by atoms with Crippen molar-refractivity contribution in [3.63, 3.8) is 0 Å². The van der Waals surface area contributed by atoms with Crippen molar-refractivity contribution >= 4 is 27.3 Å². The molecule has 21 heavy (non-hydrogen) atoms. The maximum absolute atomic E-state index is 11.9. The van der Waals surface area contributed by atoms with Crippen molar-refractivity contribution in [1.29, 1.82) is 0 Å². The largest absolute Gasteiger partial charge is 0.399 e. The first-order valence-corrected chi connectivity index (χ1v) is 8.17. The number of carbonyl (C=O) groups excluding carboxylic acids is 2. The number of anilines is 1. The van der Waals surface area contributed by atoms with Crippen LogP contribution in [0, 0.1) is 0 Å². The highest BCUT2D eigenvalue weighted by Crippen LogP contribution is 2.16. The van der Waals surface area contributed by atoms with Crippen LogP contribution in [0.5, 0.6) is 0 Å². The summed E-state index contributed by atoms with van der Waals surface area (Å²) < 4.78 is 23.0. The lowest BCUT2D eigenvalue weighted by Gasteiger charge is -2.10. The first-order valence-electron chi connectivity index (χ1n) is 6.28. The van der Waals surface area contributed by atoms with E-state index < -0.39 is 15.7 Å². The second-order valence-electron chi connectivity index (χ2n) is 4.97. The zero-order valence-corrected chi connectivity index (χ0v) is 13.0. The molecule has 0 heterocycles. The average molecular weight is 313 g/mol. The van der Waals surface area contributed by atoms with Gasteiger partial charge in [0.1, 0.15) is 0 Å². The lowest BCUT2D eigenvalue weighted by molar-refractivity contribution is -0.120. The van der Waals surface area contributed by atoms with Crippen LogP contribution in [0.4, 0.5) is 5.69 Å². The quantitative estimate of drug-likeness (QED) is 0.657. The standard InChI is InChI=1S/C13H19N3O4S/c1-8(2)16-12(17)7-15-13(18)9-4-10(14)6-11(5-9)21(3,19)20/h4-6,8H,7,14H2,1-3H3,(H,15,18)(H,16,17). The van der Waals surface area contributed by atoms with Crippen molar-refractivity contribution in [3.05, 3.63) is 23.8 Å². The van der Waals surface area contributed by atoms with Crippen molar-refractivity contribution < 1.29 is 18.0 Å². The van der Waals surface area contributed by atoms with E-state index in [0.29, 0.717) is 0 Å². The molecule has 0 aliphatic rings. The van der Waals surface area contributed by atoms with E-state index in [9.17, 15) is 18.0 Å². The van der Waals surface area contributed by atoms with Gasteiger partial charge in [0.2, 0.25) is 5.91 Å². The van der Waals surface area contributed by atoms with Crippen molar-refractivity contribution in [2.45, 2.75) is 24.8 Å². The smallest absolute Gasteiger partial charge is 0.251 e. The number of nitrogens with two attached hydrogens (primary N) is 1. The summed E-state index contributed by atoms with van der Waals surface area (Å²) in [4.78, 5) is 23.3. The lowest BCUT2D eigenvalue weighted by Crippen LogP contribution is -2.39. The van der Waals surface area contributed by atoms with Crippen molar-refractivity contribution in [3.8, 4) is 0 Å². The van der Waals surface area contributed by atoms with Crippen LogP contribution in [-0.4, -0.2) is 39.1 Å². The molecule has 0 atom stereocenters. The Bertz CT molecular complexity index is 653. The van der Waals surface area contributed by atoms with Gasteiger partial charge in [-0.1, -0.05) is 0 Å². The number of nitrogen functional groups attached to an aromatic ring is 1. The number of amides is 2. The maximum Gasteiger partial charge on any atom is 0.251 e. The van der Waals surface area contributed by atoms with E-state index in [0.717, 1.165) is 6.26 Å². The van der Waals surface area contributed by atoms with E-state index in [1.807, 2.05) is 0 Å². The number of hydrogen-bond acceptors (Lipinski definition) is 5. The summed E-state index contributed by atoms with van der Waals surface area (Å²) in [6.07, 6.45) is 1.03. The van der Waals surface area contributed by atoms with Crippen LogP contribution in [0.25, 0.3) is 0 Å². The lowest BCUT2D eigenvalue weighted by atomic mass is 10.2. The van der Waals surface area contributed by atoms with Gasteiger partial charge in [-0.05, 0) is 32.0 Å². The fourth-order valence-corrected chi connectivity index (χ4v) is 2.29.